The molecule has 0 aromatic heterocycles. The highest BCUT2D eigenvalue weighted by molar-refractivity contribution is 5.72. The number of carboxylic acid groups (broad SMARTS) is 1. The number of carboxylic acids is 1. The van der Waals surface area contributed by atoms with E-state index < -0.39 is 5.97 Å². The van der Waals surface area contributed by atoms with Crippen molar-refractivity contribution < 1.29 is 9.90 Å². The van der Waals surface area contributed by atoms with Crippen LogP contribution in [0, 0.1) is 0 Å². The Morgan fingerprint density at radius 1 is 1.22 bits per heavy atom. The van der Waals surface area contributed by atoms with Gasteiger partial charge in [0.2, 0.25) is 0 Å². The van der Waals surface area contributed by atoms with Crippen LogP contribution >= 0.6 is 0 Å². The van der Waals surface area contributed by atoms with E-state index in [4.69, 9.17) is 5.11 Å². The van der Waals surface area contributed by atoms with Crippen molar-refractivity contribution in [3.05, 3.63) is 35.9 Å². The zero-order valence-corrected chi connectivity index (χ0v) is 10.7. The summed E-state index contributed by atoms with van der Waals surface area (Å²) in [7, 11) is 0. The van der Waals surface area contributed by atoms with Crippen molar-refractivity contribution in [1.82, 2.24) is 9.80 Å². The molecule has 0 bridgehead atoms. The SMILES string of the molecule is C[C@H](C(=O)O)N1CCN(Cc2ccccc2)CC1. The summed E-state index contributed by atoms with van der Waals surface area (Å²) in [5, 5.41) is 8.98. The predicted octanol–water partition coefficient (Wildman–Crippen LogP) is 1.28. The lowest BCUT2D eigenvalue weighted by Crippen LogP contribution is -2.51. The van der Waals surface area contributed by atoms with Crippen molar-refractivity contribution >= 4 is 5.97 Å². The Bertz CT molecular complexity index is 386. The molecule has 0 radical (unpaired) electrons. The zero-order valence-electron chi connectivity index (χ0n) is 10.7. The Kier molecular flexibility index (Phi) is 4.33. The number of aliphatic carboxylic acids is 1. The summed E-state index contributed by atoms with van der Waals surface area (Å²) in [6, 6.07) is 10.0. The van der Waals surface area contributed by atoms with E-state index >= 15 is 0 Å². The van der Waals surface area contributed by atoms with Gasteiger partial charge in [-0.2, -0.15) is 0 Å². The van der Waals surface area contributed by atoms with Crippen LogP contribution in [0.25, 0.3) is 0 Å². The molecule has 98 valence electrons. The summed E-state index contributed by atoms with van der Waals surface area (Å²) in [6.45, 7) is 6.25. The van der Waals surface area contributed by atoms with E-state index in [1.165, 1.54) is 5.56 Å². The molecule has 4 heteroatoms. The number of piperazine rings is 1. The maximum atomic E-state index is 10.9. The molecule has 0 amide bonds. The molecule has 0 spiro atoms. The summed E-state index contributed by atoms with van der Waals surface area (Å²) in [4.78, 5) is 15.3. The highest BCUT2D eigenvalue weighted by atomic mass is 16.4. The van der Waals surface area contributed by atoms with E-state index in [2.05, 4.69) is 29.2 Å². The van der Waals surface area contributed by atoms with Crippen LogP contribution in [0.3, 0.4) is 0 Å². The molecular formula is C14H20N2O2. The molecule has 1 fully saturated rings. The van der Waals surface area contributed by atoms with Crippen LogP contribution in [0.4, 0.5) is 0 Å². The molecule has 1 saturated heterocycles. The first kappa shape index (κ1) is 13.1. The van der Waals surface area contributed by atoms with Gasteiger partial charge in [0, 0.05) is 32.7 Å². The number of carbonyl (C=O) groups is 1. The van der Waals surface area contributed by atoms with E-state index in [1.54, 1.807) is 6.92 Å². The van der Waals surface area contributed by atoms with E-state index in [1.807, 2.05) is 11.0 Å². The second kappa shape index (κ2) is 5.98. The smallest absolute Gasteiger partial charge is 0.320 e. The minimum Gasteiger partial charge on any atom is -0.480 e. The third-order valence-corrected chi connectivity index (χ3v) is 3.56. The van der Waals surface area contributed by atoms with Gasteiger partial charge in [-0.3, -0.25) is 14.6 Å². The lowest BCUT2D eigenvalue weighted by Gasteiger charge is -2.36. The molecule has 2 rings (SSSR count). The third-order valence-electron chi connectivity index (χ3n) is 3.56. The number of hydrogen-bond donors (Lipinski definition) is 1. The number of hydrogen-bond acceptors (Lipinski definition) is 3. The standard InChI is InChI=1S/C14H20N2O2/c1-12(14(17)18)16-9-7-15(8-10-16)11-13-5-3-2-4-6-13/h2-6,12H,7-11H2,1H3,(H,17,18)/t12-/m1/s1. The number of nitrogens with zero attached hydrogens (tertiary/aromatic N) is 2. The molecule has 1 aromatic rings. The first-order chi connectivity index (χ1) is 8.66. The van der Waals surface area contributed by atoms with Crippen LogP contribution in [-0.2, 0) is 11.3 Å². The van der Waals surface area contributed by atoms with Crippen molar-refractivity contribution in [2.75, 3.05) is 26.2 Å². The Hall–Kier alpha value is -1.39. The number of benzene rings is 1. The minimum absolute atomic E-state index is 0.371. The van der Waals surface area contributed by atoms with Crippen LogP contribution in [0.5, 0.6) is 0 Å². The molecule has 0 aliphatic carbocycles. The molecule has 0 unspecified atom stereocenters. The molecule has 18 heavy (non-hydrogen) atoms. The van der Waals surface area contributed by atoms with Crippen molar-refractivity contribution in [2.45, 2.75) is 19.5 Å². The fourth-order valence-electron chi connectivity index (χ4n) is 2.31. The fourth-order valence-corrected chi connectivity index (χ4v) is 2.31. The lowest BCUT2D eigenvalue weighted by atomic mass is 10.2. The van der Waals surface area contributed by atoms with Crippen LogP contribution in [0.15, 0.2) is 30.3 Å². The monoisotopic (exact) mass is 248 g/mol. The largest absolute Gasteiger partial charge is 0.480 e. The molecule has 4 nitrogen and oxygen atoms in total. The Labute approximate surface area is 108 Å². The maximum absolute atomic E-state index is 10.9. The molecule has 1 heterocycles. The van der Waals surface area contributed by atoms with Gasteiger partial charge < -0.3 is 5.11 Å². The molecule has 1 aliphatic rings. The van der Waals surface area contributed by atoms with Crippen molar-refractivity contribution in [3.63, 3.8) is 0 Å². The highest BCUT2D eigenvalue weighted by Gasteiger charge is 2.24. The van der Waals surface area contributed by atoms with Crippen molar-refractivity contribution in [3.8, 4) is 0 Å². The number of rotatable bonds is 4. The van der Waals surface area contributed by atoms with Crippen molar-refractivity contribution in [2.24, 2.45) is 0 Å². The Balaban J connectivity index is 1.82. The molecule has 1 aliphatic heterocycles. The molecular weight excluding hydrogens is 228 g/mol. The molecule has 1 aromatic carbocycles. The predicted molar refractivity (Wildman–Crippen MR) is 70.4 cm³/mol. The van der Waals surface area contributed by atoms with Gasteiger partial charge in [0.15, 0.2) is 0 Å². The normalized spacial score (nSPS) is 19.6. The third kappa shape index (κ3) is 3.31. The molecule has 1 N–H and O–H groups in total. The van der Waals surface area contributed by atoms with E-state index in [0.717, 1.165) is 32.7 Å². The lowest BCUT2D eigenvalue weighted by molar-refractivity contribution is -0.143. The Morgan fingerprint density at radius 2 is 1.83 bits per heavy atom. The topological polar surface area (TPSA) is 43.8 Å². The van der Waals surface area contributed by atoms with Crippen LogP contribution in [-0.4, -0.2) is 53.1 Å². The Morgan fingerprint density at radius 3 is 2.39 bits per heavy atom. The van der Waals surface area contributed by atoms with E-state index in [-0.39, 0.29) is 6.04 Å². The van der Waals surface area contributed by atoms with Crippen LogP contribution in [0.1, 0.15) is 12.5 Å². The van der Waals surface area contributed by atoms with E-state index in [0.29, 0.717) is 0 Å². The van der Waals surface area contributed by atoms with Gasteiger partial charge in [0.25, 0.3) is 0 Å². The highest BCUT2D eigenvalue weighted by Crippen LogP contribution is 2.10. The summed E-state index contributed by atoms with van der Waals surface area (Å²) >= 11 is 0. The van der Waals surface area contributed by atoms with Gasteiger partial charge in [-0.25, -0.2) is 0 Å². The van der Waals surface area contributed by atoms with Crippen LogP contribution in [0.2, 0.25) is 0 Å². The van der Waals surface area contributed by atoms with E-state index in [9.17, 15) is 4.79 Å². The summed E-state index contributed by atoms with van der Waals surface area (Å²) < 4.78 is 0. The second-order valence-electron chi connectivity index (χ2n) is 4.81. The maximum Gasteiger partial charge on any atom is 0.320 e. The fraction of sp³-hybridized carbons (Fsp3) is 0.500. The van der Waals surface area contributed by atoms with Gasteiger partial charge in [0.05, 0.1) is 0 Å². The average molecular weight is 248 g/mol. The zero-order chi connectivity index (χ0) is 13.0. The molecule has 1 atom stereocenters. The second-order valence-corrected chi connectivity index (χ2v) is 4.81. The van der Waals surface area contributed by atoms with Gasteiger partial charge in [-0.15, -0.1) is 0 Å². The minimum atomic E-state index is -0.730. The summed E-state index contributed by atoms with van der Waals surface area (Å²) in [6.07, 6.45) is 0. The first-order valence-corrected chi connectivity index (χ1v) is 6.40. The summed E-state index contributed by atoms with van der Waals surface area (Å²) in [5.74, 6) is -0.730. The van der Waals surface area contributed by atoms with Crippen molar-refractivity contribution in [1.29, 1.82) is 0 Å². The van der Waals surface area contributed by atoms with Gasteiger partial charge in [-0.05, 0) is 12.5 Å². The quantitative estimate of drug-likeness (QED) is 0.871. The van der Waals surface area contributed by atoms with Gasteiger partial charge in [0.1, 0.15) is 6.04 Å². The van der Waals surface area contributed by atoms with Gasteiger partial charge >= 0.3 is 5.97 Å². The summed E-state index contributed by atoms with van der Waals surface area (Å²) in [5.41, 5.74) is 1.32. The first-order valence-electron chi connectivity index (χ1n) is 6.40. The van der Waals surface area contributed by atoms with Gasteiger partial charge in [-0.1, -0.05) is 30.3 Å². The van der Waals surface area contributed by atoms with Crippen LogP contribution < -0.4 is 0 Å². The average Bonchev–Trinajstić information content (AvgIpc) is 2.40. The molecule has 0 saturated carbocycles.